The first-order valence-corrected chi connectivity index (χ1v) is 9.95. The molecule has 2 aromatic carbocycles. The van der Waals surface area contributed by atoms with Gasteiger partial charge in [0.1, 0.15) is 17.2 Å². The minimum absolute atomic E-state index is 0.239. The van der Waals surface area contributed by atoms with Crippen LogP contribution in [-0.2, 0) is 0 Å². The maximum absolute atomic E-state index is 12.2. The van der Waals surface area contributed by atoms with Crippen LogP contribution < -0.4 is 20.5 Å². The van der Waals surface area contributed by atoms with Gasteiger partial charge in [0.05, 0.1) is 23.7 Å². The average Bonchev–Trinajstić information content (AvgIpc) is 3.20. The number of fused-ring (bicyclic) bond motifs is 2. The van der Waals surface area contributed by atoms with Crippen LogP contribution in [0.15, 0.2) is 54.9 Å². The molecular weight excluding hydrogens is 420 g/mol. The molecule has 0 bridgehead atoms. The number of carbonyl (C=O) groups is 2. The quantitative estimate of drug-likeness (QED) is 0.444. The lowest BCUT2D eigenvalue weighted by molar-refractivity contribution is 0.0997. The highest BCUT2D eigenvalue weighted by Gasteiger charge is 2.15. The summed E-state index contributed by atoms with van der Waals surface area (Å²) in [6, 6.07) is 11.9. The molecular formula is C22H19ClN4O4. The van der Waals surface area contributed by atoms with Gasteiger partial charge in [0.25, 0.3) is 5.91 Å². The van der Waals surface area contributed by atoms with E-state index in [1.165, 1.54) is 11.7 Å². The van der Waals surface area contributed by atoms with Gasteiger partial charge >= 0.3 is 6.03 Å². The number of nitrogens with one attached hydrogen (secondary N) is 1. The Kier molecular flexibility index (Phi) is 5.64. The van der Waals surface area contributed by atoms with E-state index < -0.39 is 5.91 Å². The van der Waals surface area contributed by atoms with Crippen LogP contribution in [0.2, 0.25) is 0 Å². The third kappa shape index (κ3) is 3.97. The third-order valence-corrected chi connectivity index (χ3v) is 4.96. The summed E-state index contributed by atoms with van der Waals surface area (Å²) in [6.07, 6.45) is 3.29. The van der Waals surface area contributed by atoms with Crippen LogP contribution in [0, 0.1) is 0 Å². The lowest BCUT2D eigenvalue weighted by atomic mass is 10.1. The molecule has 4 rings (SSSR count). The molecule has 0 aliphatic heterocycles. The van der Waals surface area contributed by atoms with Crippen LogP contribution in [0.4, 0.5) is 4.79 Å². The van der Waals surface area contributed by atoms with Crippen LogP contribution in [-0.4, -0.2) is 41.0 Å². The molecule has 0 atom stereocenters. The lowest BCUT2D eigenvalue weighted by Crippen LogP contribution is -2.29. The number of primary amides is 1. The Morgan fingerprint density at radius 1 is 1.16 bits per heavy atom. The standard InChI is InChI=1S/C22H19ClN4O4/c1-30-20-12-17-15(11-16(20)21(24)28)19(4-7-25-17)31-14-2-3-18-13(10-14)5-9-27(18)22(29)26-8-6-23/h2-5,7,9-12H,6,8H2,1H3,(H2,24,28)(H,26,29). The van der Waals surface area contributed by atoms with Crippen LogP contribution in [0.1, 0.15) is 10.4 Å². The third-order valence-electron chi connectivity index (χ3n) is 4.77. The zero-order chi connectivity index (χ0) is 22.0. The number of halogens is 1. The van der Waals surface area contributed by atoms with Crippen molar-refractivity contribution < 1.29 is 19.1 Å². The van der Waals surface area contributed by atoms with Crippen molar-refractivity contribution in [3.63, 3.8) is 0 Å². The van der Waals surface area contributed by atoms with Gasteiger partial charge < -0.3 is 20.5 Å². The van der Waals surface area contributed by atoms with E-state index in [2.05, 4.69) is 10.3 Å². The number of methoxy groups -OCH3 is 1. The molecule has 158 valence electrons. The summed E-state index contributed by atoms with van der Waals surface area (Å²) in [7, 11) is 1.46. The van der Waals surface area contributed by atoms with Gasteiger partial charge in [-0.2, -0.15) is 0 Å². The smallest absolute Gasteiger partial charge is 0.326 e. The second kappa shape index (κ2) is 8.53. The molecule has 0 unspecified atom stereocenters. The Labute approximate surface area is 182 Å². The molecule has 0 aliphatic rings. The molecule has 0 aliphatic carbocycles. The number of nitrogens with two attached hydrogens (primary N) is 1. The van der Waals surface area contributed by atoms with E-state index in [-0.39, 0.29) is 11.6 Å². The van der Waals surface area contributed by atoms with Gasteiger partial charge in [-0.1, -0.05) is 0 Å². The SMILES string of the molecule is COc1cc2nccc(Oc3ccc4c(ccn4C(=O)NCCCl)c3)c2cc1C(N)=O. The number of nitrogens with zero attached hydrogens (tertiary/aromatic N) is 2. The fraction of sp³-hybridized carbons (Fsp3) is 0.136. The molecule has 3 N–H and O–H groups in total. The number of amides is 2. The maximum atomic E-state index is 12.2. The van der Waals surface area contributed by atoms with E-state index >= 15 is 0 Å². The van der Waals surface area contributed by atoms with Crippen molar-refractivity contribution in [2.24, 2.45) is 5.73 Å². The molecule has 9 heteroatoms. The van der Waals surface area contributed by atoms with Crippen LogP contribution in [0.3, 0.4) is 0 Å². The van der Waals surface area contributed by atoms with Crippen LogP contribution in [0.25, 0.3) is 21.8 Å². The Balaban J connectivity index is 1.69. The Bertz CT molecular complexity index is 1300. The van der Waals surface area contributed by atoms with Crippen molar-refractivity contribution in [1.29, 1.82) is 0 Å². The predicted octanol–water partition coefficient (Wildman–Crippen LogP) is 3.89. The van der Waals surface area contributed by atoms with Crippen molar-refractivity contribution in [3.8, 4) is 17.2 Å². The normalized spacial score (nSPS) is 10.9. The van der Waals surface area contributed by atoms with E-state index in [4.69, 9.17) is 26.8 Å². The van der Waals surface area contributed by atoms with E-state index in [0.717, 1.165) is 10.9 Å². The van der Waals surface area contributed by atoms with E-state index in [9.17, 15) is 9.59 Å². The van der Waals surface area contributed by atoms with E-state index in [1.807, 2.05) is 12.1 Å². The van der Waals surface area contributed by atoms with Gasteiger partial charge in [-0.15, -0.1) is 11.6 Å². The largest absolute Gasteiger partial charge is 0.496 e. The van der Waals surface area contributed by atoms with E-state index in [0.29, 0.717) is 40.6 Å². The van der Waals surface area contributed by atoms with Gasteiger partial charge in [0, 0.05) is 41.7 Å². The minimum Gasteiger partial charge on any atom is -0.496 e. The molecule has 4 aromatic rings. The molecule has 0 spiro atoms. The van der Waals surface area contributed by atoms with E-state index in [1.54, 1.807) is 42.7 Å². The number of aromatic nitrogens is 2. The molecule has 8 nitrogen and oxygen atoms in total. The summed E-state index contributed by atoms with van der Waals surface area (Å²) in [6.45, 7) is 0.383. The summed E-state index contributed by atoms with van der Waals surface area (Å²) in [4.78, 5) is 28.4. The zero-order valence-electron chi connectivity index (χ0n) is 16.6. The first-order valence-electron chi connectivity index (χ1n) is 9.41. The van der Waals surface area contributed by atoms with Gasteiger partial charge in [-0.05, 0) is 36.4 Å². The Morgan fingerprint density at radius 2 is 2.00 bits per heavy atom. The highest BCUT2D eigenvalue weighted by Crippen LogP contribution is 2.34. The maximum Gasteiger partial charge on any atom is 0.326 e. The Hall–Kier alpha value is -3.78. The van der Waals surface area contributed by atoms with Gasteiger partial charge in [-0.25, -0.2) is 4.79 Å². The molecule has 2 aromatic heterocycles. The first kappa shape index (κ1) is 20.5. The molecule has 0 radical (unpaired) electrons. The number of pyridine rings is 1. The number of carbonyl (C=O) groups excluding carboxylic acids is 2. The second-order valence-corrected chi connectivity index (χ2v) is 7.05. The fourth-order valence-electron chi connectivity index (χ4n) is 3.33. The second-order valence-electron chi connectivity index (χ2n) is 6.67. The highest BCUT2D eigenvalue weighted by atomic mass is 35.5. The first-order chi connectivity index (χ1) is 15.0. The molecule has 2 amide bonds. The van der Waals surface area contributed by atoms with Gasteiger partial charge in [0.2, 0.25) is 0 Å². The summed E-state index contributed by atoms with van der Waals surface area (Å²) in [5.41, 5.74) is 7.06. The number of benzene rings is 2. The summed E-state index contributed by atoms with van der Waals surface area (Å²) < 4.78 is 12.8. The molecule has 0 saturated heterocycles. The zero-order valence-corrected chi connectivity index (χ0v) is 17.3. The fourth-order valence-corrected chi connectivity index (χ4v) is 3.42. The number of hydrogen-bond acceptors (Lipinski definition) is 5. The van der Waals surface area contributed by atoms with Crippen molar-refractivity contribution in [1.82, 2.24) is 14.9 Å². The number of hydrogen-bond donors (Lipinski definition) is 2. The monoisotopic (exact) mass is 438 g/mol. The summed E-state index contributed by atoms with van der Waals surface area (Å²) >= 11 is 5.63. The van der Waals surface area contributed by atoms with Crippen molar-refractivity contribution in [3.05, 3.63) is 60.4 Å². The lowest BCUT2D eigenvalue weighted by Gasteiger charge is -2.12. The minimum atomic E-state index is -0.608. The number of alkyl halides is 1. The van der Waals surface area contributed by atoms with Crippen molar-refractivity contribution in [2.45, 2.75) is 0 Å². The molecule has 0 saturated carbocycles. The topological polar surface area (TPSA) is 108 Å². The van der Waals surface area contributed by atoms with Crippen molar-refractivity contribution in [2.75, 3.05) is 19.5 Å². The van der Waals surface area contributed by atoms with Crippen LogP contribution >= 0.6 is 11.6 Å². The Morgan fingerprint density at radius 3 is 2.74 bits per heavy atom. The number of ether oxygens (including phenoxy) is 2. The summed E-state index contributed by atoms with van der Waals surface area (Å²) in [5, 5.41) is 4.18. The molecule has 0 fully saturated rings. The molecule has 2 heterocycles. The average molecular weight is 439 g/mol. The predicted molar refractivity (Wildman–Crippen MR) is 118 cm³/mol. The molecule has 31 heavy (non-hydrogen) atoms. The van der Waals surface area contributed by atoms with Crippen molar-refractivity contribution >= 4 is 45.3 Å². The van der Waals surface area contributed by atoms with Crippen LogP contribution in [0.5, 0.6) is 17.2 Å². The summed E-state index contributed by atoms with van der Waals surface area (Å²) in [5.74, 6) is 1.15. The highest BCUT2D eigenvalue weighted by molar-refractivity contribution is 6.18. The van der Waals surface area contributed by atoms with Gasteiger partial charge in [-0.3, -0.25) is 14.3 Å². The number of rotatable bonds is 6. The van der Waals surface area contributed by atoms with Gasteiger partial charge in [0.15, 0.2) is 0 Å².